The summed E-state index contributed by atoms with van der Waals surface area (Å²) in [5.74, 6) is 0.205. The first-order valence-electron chi connectivity index (χ1n) is 7.45. The number of rotatable bonds is 9. The van der Waals surface area contributed by atoms with Crippen molar-refractivity contribution in [3.8, 4) is 0 Å². The number of aliphatic carboxylic acids is 1. The molecule has 0 aromatic heterocycles. The van der Waals surface area contributed by atoms with Crippen molar-refractivity contribution in [2.24, 2.45) is 0 Å². The minimum Gasteiger partial charge on any atom is -0.480 e. The smallest absolute Gasteiger partial charge is 0.323 e. The normalized spacial score (nSPS) is 17.4. The van der Waals surface area contributed by atoms with E-state index >= 15 is 0 Å². The fourth-order valence-electron chi connectivity index (χ4n) is 2.38. The molecule has 1 aromatic carbocycles. The van der Waals surface area contributed by atoms with Crippen LogP contribution in [0.3, 0.4) is 0 Å². The number of carboxylic acid groups (broad SMARTS) is 1. The summed E-state index contributed by atoms with van der Waals surface area (Å²) in [6.07, 6.45) is 4.40. The molecule has 2 rings (SSSR count). The third kappa shape index (κ3) is 4.90. The van der Waals surface area contributed by atoms with E-state index < -0.39 is 11.5 Å². The summed E-state index contributed by atoms with van der Waals surface area (Å²) in [5.41, 5.74) is -0.748. The number of benzene rings is 1. The van der Waals surface area contributed by atoms with Gasteiger partial charge in [-0.3, -0.25) is 10.1 Å². The summed E-state index contributed by atoms with van der Waals surface area (Å²) in [6, 6.07) is 8.17. The highest BCUT2D eigenvalue weighted by Gasteiger charge is 2.40. The molecular formula is C16H22ClNO2S. The molecule has 1 saturated carbocycles. The van der Waals surface area contributed by atoms with Crippen LogP contribution in [0.1, 0.15) is 39.0 Å². The molecule has 0 radical (unpaired) electrons. The van der Waals surface area contributed by atoms with Gasteiger partial charge in [0, 0.05) is 16.0 Å². The fourth-order valence-corrected chi connectivity index (χ4v) is 3.36. The summed E-state index contributed by atoms with van der Waals surface area (Å²) < 4.78 is 0. The molecule has 0 bridgehead atoms. The van der Waals surface area contributed by atoms with Crippen molar-refractivity contribution in [1.29, 1.82) is 0 Å². The lowest BCUT2D eigenvalue weighted by molar-refractivity contribution is -0.145. The standard InChI is InChI=1S/C16H22ClNO2S/c1-2-16(15(19)20,18-13-6-7-13)10-3-11-21-14-8-4-12(17)5-9-14/h4-5,8-9,13,18H,2-3,6-7,10-11H2,1H3,(H,19,20). The molecule has 1 aliphatic carbocycles. The van der Waals surface area contributed by atoms with Gasteiger partial charge in [-0.2, -0.15) is 0 Å². The van der Waals surface area contributed by atoms with Crippen LogP contribution in [0.4, 0.5) is 0 Å². The number of thioether (sulfide) groups is 1. The molecule has 1 fully saturated rings. The summed E-state index contributed by atoms with van der Waals surface area (Å²) in [5, 5.41) is 13.6. The minimum atomic E-state index is -0.748. The Morgan fingerprint density at radius 3 is 2.62 bits per heavy atom. The van der Waals surface area contributed by atoms with Gasteiger partial charge >= 0.3 is 5.97 Å². The zero-order chi connectivity index (χ0) is 15.3. The third-order valence-corrected chi connectivity index (χ3v) is 5.25. The van der Waals surface area contributed by atoms with E-state index in [0.29, 0.717) is 18.9 Å². The van der Waals surface area contributed by atoms with Crippen molar-refractivity contribution in [1.82, 2.24) is 5.32 Å². The number of nitrogens with one attached hydrogen (secondary N) is 1. The Balaban J connectivity index is 1.81. The highest BCUT2D eigenvalue weighted by atomic mass is 35.5. The van der Waals surface area contributed by atoms with Crippen LogP contribution >= 0.6 is 23.4 Å². The molecular weight excluding hydrogens is 306 g/mol. The van der Waals surface area contributed by atoms with E-state index in [4.69, 9.17) is 11.6 Å². The molecule has 1 aliphatic rings. The largest absolute Gasteiger partial charge is 0.480 e. The highest BCUT2D eigenvalue weighted by molar-refractivity contribution is 7.99. The predicted molar refractivity (Wildman–Crippen MR) is 88.2 cm³/mol. The van der Waals surface area contributed by atoms with Crippen LogP contribution in [0, 0.1) is 0 Å². The maximum atomic E-state index is 11.6. The lowest BCUT2D eigenvalue weighted by Gasteiger charge is -2.29. The fraction of sp³-hybridized carbons (Fsp3) is 0.562. The van der Waals surface area contributed by atoms with Gasteiger partial charge in [0.2, 0.25) is 0 Å². The van der Waals surface area contributed by atoms with Crippen LogP contribution in [0.25, 0.3) is 0 Å². The van der Waals surface area contributed by atoms with Gasteiger partial charge < -0.3 is 5.11 Å². The Kier molecular flexibility index (Phi) is 5.97. The molecule has 116 valence electrons. The predicted octanol–water partition coefficient (Wildman–Crippen LogP) is 4.20. The maximum Gasteiger partial charge on any atom is 0.323 e. The summed E-state index contributed by atoms with van der Waals surface area (Å²) in [7, 11) is 0. The van der Waals surface area contributed by atoms with Crippen LogP contribution in [-0.4, -0.2) is 28.4 Å². The number of hydrogen-bond acceptors (Lipinski definition) is 3. The van der Waals surface area contributed by atoms with Crippen LogP contribution in [0.2, 0.25) is 5.02 Å². The van der Waals surface area contributed by atoms with Gasteiger partial charge in [0.05, 0.1) is 0 Å². The first-order chi connectivity index (χ1) is 10.1. The number of hydrogen-bond donors (Lipinski definition) is 2. The Morgan fingerprint density at radius 2 is 2.10 bits per heavy atom. The SMILES string of the molecule is CCC(CCCSc1ccc(Cl)cc1)(NC1CC1)C(=O)O. The van der Waals surface area contributed by atoms with Crippen LogP contribution < -0.4 is 5.32 Å². The van der Waals surface area contributed by atoms with E-state index in [2.05, 4.69) is 5.32 Å². The highest BCUT2D eigenvalue weighted by Crippen LogP contribution is 2.29. The van der Waals surface area contributed by atoms with Gasteiger partial charge in [0.25, 0.3) is 0 Å². The molecule has 1 unspecified atom stereocenters. The lowest BCUT2D eigenvalue weighted by atomic mass is 9.90. The first kappa shape index (κ1) is 16.7. The molecule has 2 N–H and O–H groups in total. The van der Waals surface area contributed by atoms with E-state index in [1.165, 1.54) is 4.90 Å². The van der Waals surface area contributed by atoms with Gasteiger partial charge in [-0.1, -0.05) is 18.5 Å². The molecule has 1 atom stereocenters. The summed E-state index contributed by atoms with van der Waals surface area (Å²) in [6.45, 7) is 1.95. The second-order valence-electron chi connectivity index (χ2n) is 5.57. The zero-order valence-corrected chi connectivity index (χ0v) is 13.8. The Labute approximate surface area is 135 Å². The van der Waals surface area contributed by atoms with Crippen LogP contribution in [-0.2, 0) is 4.79 Å². The summed E-state index contributed by atoms with van der Waals surface area (Å²) in [4.78, 5) is 12.8. The van der Waals surface area contributed by atoms with E-state index in [1.54, 1.807) is 11.8 Å². The molecule has 5 heteroatoms. The number of carboxylic acids is 1. The van der Waals surface area contributed by atoms with Gasteiger partial charge in [0.15, 0.2) is 0 Å². The van der Waals surface area contributed by atoms with E-state index in [9.17, 15) is 9.90 Å². The first-order valence-corrected chi connectivity index (χ1v) is 8.81. The average Bonchev–Trinajstić information content (AvgIpc) is 3.27. The van der Waals surface area contributed by atoms with E-state index in [1.807, 2.05) is 31.2 Å². The molecule has 0 amide bonds. The van der Waals surface area contributed by atoms with Crippen molar-refractivity contribution in [3.63, 3.8) is 0 Å². The summed E-state index contributed by atoms with van der Waals surface area (Å²) >= 11 is 7.61. The number of carbonyl (C=O) groups is 1. The van der Waals surface area contributed by atoms with Crippen LogP contribution in [0.15, 0.2) is 29.2 Å². The lowest BCUT2D eigenvalue weighted by Crippen LogP contribution is -2.52. The maximum absolute atomic E-state index is 11.6. The quantitative estimate of drug-likeness (QED) is 0.527. The monoisotopic (exact) mass is 327 g/mol. The Bertz CT molecular complexity index is 476. The van der Waals surface area contributed by atoms with E-state index in [-0.39, 0.29) is 0 Å². The van der Waals surface area contributed by atoms with Crippen molar-refractivity contribution in [3.05, 3.63) is 29.3 Å². The van der Waals surface area contributed by atoms with Gasteiger partial charge in [-0.25, -0.2) is 0 Å². The molecule has 21 heavy (non-hydrogen) atoms. The van der Waals surface area contributed by atoms with Crippen molar-refractivity contribution < 1.29 is 9.90 Å². The second-order valence-corrected chi connectivity index (χ2v) is 7.17. The van der Waals surface area contributed by atoms with E-state index in [0.717, 1.165) is 30.0 Å². The topological polar surface area (TPSA) is 49.3 Å². The Hall–Kier alpha value is -0.710. The van der Waals surface area contributed by atoms with Crippen LogP contribution in [0.5, 0.6) is 0 Å². The minimum absolute atomic E-state index is 0.407. The molecule has 3 nitrogen and oxygen atoms in total. The van der Waals surface area contributed by atoms with Gasteiger partial charge in [-0.05, 0) is 62.1 Å². The van der Waals surface area contributed by atoms with Crippen molar-refractivity contribution >= 4 is 29.3 Å². The molecule has 0 heterocycles. The van der Waals surface area contributed by atoms with Gasteiger partial charge in [0.1, 0.15) is 5.54 Å². The number of halogens is 1. The third-order valence-electron chi connectivity index (χ3n) is 3.90. The Morgan fingerprint density at radius 1 is 1.43 bits per heavy atom. The zero-order valence-electron chi connectivity index (χ0n) is 12.3. The molecule has 0 saturated heterocycles. The molecule has 1 aromatic rings. The van der Waals surface area contributed by atoms with Crippen molar-refractivity contribution in [2.75, 3.05) is 5.75 Å². The second kappa shape index (κ2) is 7.52. The van der Waals surface area contributed by atoms with Crippen molar-refractivity contribution in [2.45, 2.75) is 55.5 Å². The average molecular weight is 328 g/mol. The molecule has 0 spiro atoms. The van der Waals surface area contributed by atoms with Gasteiger partial charge in [-0.15, -0.1) is 11.8 Å². The molecule has 0 aliphatic heterocycles.